The summed E-state index contributed by atoms with van der Waals surface area (Å²) < 4.78 is 0. The quantitative estimate of drug-likeness (QED) is 0.854. The SMILES string of the molecule is O=C(NC1CCN2CCCC12)C1Cc2ccccc2N1. The second kappa shape index (κ2) is 4.77. The molecule has 1 amide bonds. The van der Waals surface area contributed by atoms with Gasteiger partial charge in [-0.2, -0.15) is 0 Å². The van der Waals surface area contributed by atoms with E-state index < -0.39 is 0 Å². The molecule has 2 saturated heterocycles. The summed E-state index contributed by atoms with van der Waals surface area (Å²) in [5, 5.41) is 6.63. The zero-order valence-corrected chi connectivity index (χ0v) is 11.6. The van der Waals surface area contributed by atoms with E-state index in [0.717, 1.165) is 25.1 Å². The largest absolute Gasteiger partial charge is 0.373 e. The molecule has 3 heterocycles. The van der Waals surface area contributed by atoms with Gasteiger partial charge in [-0.05, 0) is 37.4 Å². The van der Waals surface area contributed by atoms with E-state index in [-0.39, 0.29) is 11.9 Å². The first-order valence-electron chi connectivity index (χ1n) is 7.70. The zero-order valence-electron chi connectivity index (χ0n) is 11.6. The number of hydrogen-bond donors (Lipinski definition) is 2. The molecule has 4 nitrogen and oxygen atoms in total. The van der Waals surface area contributed by atoms with Crippen LogP contribution in [-0.2, 0) is 11.2 Å². The minimum atomic E-state index is -0.0946. The molecule has 4 rings (SSSR count). The average molecular weight is 271 g/mol. The van der Waals surface area contributed by atoms with Crippen molar-refractivity contribution in [1.29, 1.82) is 0 Å². The summed E-state index contributed by atoms with van der Waals surface area (Å²) in [6, 6.07) is 9.05. The van der Waals surface area contributed by atoms with Crippen molar-refractivity contribution in [3.05, 3.63) is 29.8 Å². The molecule has 0 aliphatic carbocycles. The van der Waals surface area contributed by atoms with Gasteiger partial charge in [-0.3, -0.25) is 9.69 Å². The fourth-order valence-corrected chi connectivity index (χ4v) is 3.99. The predicted octanol–water partition coefficient (Wildman–Crippen LogP) is 1.38. The van der Waals surface area contributed by atoms with Gasteiger partial charge in [0.1, 0.15) is 6.04 Å². The summed E-state index contributed by atoms with van der Waals surface area (Å²) in [5.74, 6) is 0.167. The van der Waals surface area contributed by atoms with Gasteiger partial charge in [-0.1, -0.05) is 18.2 Å². The molecule has 0 radical (unpaired) electrons. The van der Waals surface area contributed by atoms with E-state index in [0.29, 0.717) is 12.1 Å². The fraction of sp³-hybridized carbons (Fsp3) is 0.562. The second-order valence-corrected chi connectivity index (χ2v) is 6.21. The summed E-state index contributed by atoms with van der Waals surface area (Å²) in [7, 11) is 0. The van der Waals surface area contributed by atoms with Crippen LogP contribution in [0.3, 0.4) is 0 Å². The van der Waals surface area contributed by atoms with Crippen molar-refractivity contribution in [3.63, 3.8) is 0 Å². The Morgan fingerprint density at radius 2 is 2.15 bits per heavy atom. The molecule has 0 spiro atoms. The van der Waals surface area contributed by atoms with Crippen molar-refractivity contribution in [2.24, 2.45) is 0 Å². The van der Waals surface area contributed by atoms with Gasteiger partial charge in [0.05, 0.1) is 0 Å². The van der Waals surface area contributed by atoms with Crippen LogP contribution < -0.4 is 10.6 Å². The van der Waals surface area contributed by atoms with Crippen LogP contribution in [-0.4, -0.2) is 42.0 Å². The predicted molar refractivity (Wildman–Crippen MR) is 78.7 cm³/mol. The van der Waals surface area contributed by atoms with Crippen molar-refractivity contribution in [1.82, 2.24) is 10.2 Å². The molecule has 0 bridgehead atoms. The van der Waals surface area contributed by atoms with Gasteiger partial charge in [0, 0.05) is 30.7 Å². The fourth-order valence-electron chi connectivity index (χ4n) is 3.99. The number of amides is 1. The Kier molecular flexibility index (Phi) is 2.91. The van der Waals surface area contributed by atoms with Crippen LogP contribution in [0.15, 0.2) is 24.3 Å². The summed E-state index contributed by atoms with van der Waals surface area (Å²) in [5.41, 5.74) is 2.36. The molecular formula is C16H21N3O. The van der Waals surface area contributed by atoms with Crippen molar-refractivity contribution >= 4 is 11.6 Å². The van der Waals surface area contributed by atoms with Gasteiger partial charge in [-0.15, -0.1) is 0 Å². The number of nitrogens with zero attached hydrogens (tertiary/aromatic N) is 1. The first-order chi connectivity index (χ1) is 9.81. The molecule has 2 N–H and O–H groups in total. The molecule has 0 aromatic heterocycles. The van der Waals surface area contributed by atoms with Crippen LogP contribution in [0.4, 0.5) is 5.69 Å². The number of carbonyl (C=O) groups excluding carboxylic acids is 1. The standard InChI is InChI=1S/C16H21N3O/c20-16(14-10-11-4-1-2-5-12(11)17-14)18-13-7-9-19-8-3-6-15(13)19/h1-2,4-5,13-15,17H,3,6-10H2,(H,18,20). The van der Waals surface area contributed by atoms with E-state index in [1.54, 1.807) is 0 Å². The second-order valence-electron chi connectivity index (χ2n) is 6.21. The Morgan fingerprint density at radius 3 is 3.05 bits per heavy atom. The Labute approximate surface area is 119 Å². The Hall–Kier alpha value is -1.55. The van der Waals surface area contributed by atoms with Gasteiger partial charge in [0.25, 0.3) is 0 Å². The van der Waals surface area contributed by atoms with Crippen LogP contribution in [0.25, 0.3) is 0 Å². The third-order valence-electron chi connectivity index (χ3n) is 5.02. The number of hydrogen-bond acceptors (Lipinski definition) is 3. The van der Waals surface area contributed by atoms with Crippen LogP contribution in [0.1, 0.15) is 24.8 Å². The van der Waals surface area contributed by atoms with Crippen molar-refractivity contribution < 1.29 is 4.79 Å². The van der Waals surface area contributed by atoms with E-state index in [1.165, 1.54) is 24.9 Å². The van der Waals surface area contributed by atoms with Gasteiger partial charge < -0.3 is 10.6 Å². The highest BCUT2D eigenvalue weighted by Crippen LogP contribution is 2.29. The van der Waals surface area contributed by atoms with Gasteiger partial charge in [0.2, 0.25) is 5.91 Å². The van der Waals surface area contributed by atoms with Gasteiger partial charge >= 0.3 is 0 Å². The minimum absolute atomic E-state index is 0.0946. The highest BCUT2D eigenvalue weighted by Gasteiger charge is 2.39. The van der Waals surface area contributed by atoms with Crippen LogP contribution in [0.5, 0.6) is 0 Å². The number of rotatable bonds is 2. The number of fused-ring (bicyclic) bond motifs is 2. The van der Waals surface area contributed by atoms with Crippen LogP contribution >= 0.6 is 0 Å². The average Bonchev–Trinajstić information content (AvgIpc) is 3.13. The molecule has 106 valence electrons. The summed E-state index contributed by atoms with van der Waals surface area (Å²) in [6.07, 6.45) is 4.44. The highest BCUT2D eigenvalue weighted by molar-refractivity contribution is 5.87. The molecule has 1 aromatic rings. The summed E-state index contributed by atoms with van der Waals surface area (Å²) in [4.78, 5) is 15.0. The highest BCUT2D eigenvalue weighted by atomic mass is 16.2. The topological polar surface area (TPSA) is 44.4 Å². The summed E-state index contributed by atoms with van der Waals surface area (Å²) in [6.45, 7) is 2.36. The number of anilines is 1. The number of benzene rings is 1. The molecule has 4 heteroatoms. The van der Waals surface area contributed by atoms with E-state index in [9.17, 15) is 4.79 Å². The molecule has 3 atom stereocenters. The van der Waals surface area contributed by atoms with Crippen LogP contribution in [0, 0.1) is 0 Å². The lowest BCUT2D eigenvalue weighted by atomic mass is 10.1. The molecule has 2 fully saturated rings. The van der Waals surface area contributed by atoms with Gasteiger partial charge in [0.15, 0.2) is 0 Å². The maximum absolute atomic E-state index is 12.5. The Bertz CT molecular complexity index is 505. The normalized spacial score (nSPS) is 31.7. The first kappa shape index (κ1) is 12.2. The number of nitrogens with one attached hydrogen (secondary N) is 2. The smallest absolute Gasteiger partial charge is 0.243 e. The van der Waals surface area contributed by atoms with E-state index in [4.69, 9.17) is 0 Å². The van der Waals surface area contributed by atoms with E-state index >= 15 is 0 Å². The monoisotopic (exact) mass is 271 g/mol. The van der Waals surface area contributed by atoms with Crippen molar-refractivity contribution in [3.8, 4) is 0 Å². The lowest BCUT2D eigenvalue weighted by molar-refractivity contribution is -0.122. The lowest BCUT2D eigenvalue weighted by Crippen LogP contribution is -2.48. The van der Waals surface area contributed by atoms with Gasteiger partial charge in [-0.25, -0.2) is 0 Å². The first-order valence-corrected chi connectivity index (χ1v) is 7.70. The molecule has 3 aliphatic heterocycles. The molecule has 20 heavy (non-hydrogen) atoms. The lowest BCUT2D eigenvalue weighted by Gasteiger charge is -2.23. The third-order valence-corrected chi connectivity index (χ3v) is 5.02. The zero-order chi connectivity index (χ0) is 13.5. The molecular weight excluding hydrogens is 250 g/mol. The van der Waals surface area contributed by atoms with Crippen molar-refractivity contribution in [2.75, 3.05) is 18.4 Å². The maximum atomic E-state index is 12.5. The third kappa shape index (κ3) is 1.99. The minimum Gasteiger partial charge on any atom is -0.373 e. The number of para-hydroxylation sites is 1. The number of carbonyl (C=O) groups is 1. The van der Waals surface area contributed by atoms with E-state index in [2.05, 4.69) is 27.7 Å². The maximum Gasteiger partial charge on any atom is 0.243 e. The molecule has 3 unspecified atom stereocenters. The Balaban J connectivity index is 1.40. The van der Waals surface area contributed by atoms with Crippen molar-refractivity contribution in [2.45, 2.75) is 43.8 Å². The summed E-state index contributed by atoms with van der Waals surface area (Å²) >= 11 is 0. The molecule has 3 aliphatic rings. The van der Waals surface area contributed by atoms with E-state index in [1.807, 2.05) is 12.1 Å². The van der Waals surface area contributed by atoms with Crippen LogP contribution in [0.2, 0.25) is 0 Å². The molecule has 1 aromatic carbocycles. The Morgan fingerprint density at radius 1 is 1.25 bits per heavy atom. The molecule has 0 saturated carbocycles.